The maximum Gasteiger partial charge on any atom is 0.230 e. The Hall–Kier alpha value is -1.77. The Kier molecular flexibility index (Phi) is 4.35. The first-order chi connectivity index (χ1) is 12.0. The van der Waals surface area contributed by atoms with Crippen LogP contribution in [0.15, 0.2) is 17.5 Å². The molecule has 1 aliphatic rings. The molecule has 1 fully saturated rings. The minimum Gasteiger partial charge on any atom is -0.390 e. The van der Waals surface area contributed by atoms with Gasteiger partial charge < -0.3 is 15.7 Å². The number of hydrogen-bond acceptors (Lipinski definition) is 8. The zero-order chi connectivity index (χ0) is 17.4. The smallest absolute Gasteiger partial charge is 0.230 e. The van der Waals surface area contributed by atoms with Crippen LogP contribution in [0, 0.1) is 6.92 Å². The molecule has 3 aromatic heterocycles. The van der Waals surface area contributed by atoms with Gasteiger partial charge in [-0.05, 0) is 68.6 Å². The van der Waals surface area contributed by atoms with Crippen molar-refractivity contribution in [2.75, 3.05) is 10.6 Å². The Morgan fingerprint density at radius 3 is 2.80 bits per heavy atom. The first-order valence-corrected chi connectivity index (χ1v) is 10.1. The second-order valence-corrected chi connectivity index (χ2v) is 8.62. The lowest BCUT2D eigenvalue weighted by atomic mass is 9.84. The van der Waals surface area contributed by atoms with Crippen molar-refractivity contribution in [3.8, 4) is 0 Å². The van der Waals surface area contributed by atoms with Crippen LogP contribution >= 0.6 is 22.9 Å². The van der Waals surface area contributed by atoms with E-state index in [2.05, 4.69) is 20.0 Å². The number of hydrogen-bond donors (Lipinski definition) is 3. The van der Waals surface area contributed by atoms with Gasteiger partial charge in [-0.15, -0.1) is 11.3 Å². The average Bonchev–Trinajstić information content (AvgIpc) is 3.18. The maximum absolute atomic E-state index is 10.1. The third kappa shape index (κ3) is 3.75. The largest absolute Gasteiger partial charge is 0.390 e. The minimum atomic E-state index is -0.529. The van der Waals surface area contributed by atoms with Crippen LogP contribution in [0.1, 0.15) is 38.3 Å². The van der Waals surface area contributed by atoms with E-state index < -0.39 is 5.60 Å². The SMILES string of the molecule is Cc1cc(Nc2nc(NC3CCC(C)(O)CC3)c3sccc3n2)sn1. The number of nitrogens with one attached hydrogen (secondary N) is 2. The lowest BCUT2D eigenvalue weighted by molar-refractivity contribution is 0.0196. The van der Waals surface area contributed by atoms with Crippen LogP contribution in [0.2, 0.25) is 0 Å². The molecule has 0 spiro atoms. The fourth-order valence-electron chi connectivity index (χ4n) is 3.13. The Balaban J connectivity index is 1.58. The van der Waals surface area contributed by atoms with Gasteiger partial charge in [0.05, 0.1) is 21.5 Å². The summed E-state index contributed by atoms with van der Waals surface area (Å²) in [5, 5.41) is 19.9. The van der Waals surface area contributed by atoms with E-state index in [-0.39, 0.29) is 0 Å². The van der Waals surface area contributed by atoms with Crippen molar-refractivity contribution >= 4 is 49.9 Å². The van der Waals surface area contributed by atoms with E-state index >= 15 is 0 Å². The molecule has 3 heterocycles. The molecule has 0 aliphatic heterocycles. The molecule has 4 rings (SSSR count). The average molecular weight is 376 g/mol. The third-order valence-electron chi connectivity index (χ3n) is 4.57. The van der Waals surface area contributed by atoms with Gasteiger partial charge in [0, 0.05) is 6.04 Å². The van der Waals surface area contributed by atoms with Crippen molar-refractivity contribution < 1.29 is 5.11 Å². The van der Waals surface area contributed by atoms with Gasteiger partial charge >= 0.3 is 0 Å². The van der Waals surface area contributed by atoms with Crippen molar-refractivity contribution in [2.24, 2.45) is 0 Å². The number of fused-ring (bicyclic) bond motifs is 1. The molecule has 0 atom stereocenters. The summed E-state index contributed by atoms with van der Waals surface area (Å²) in [4.78, 5) is 9.31. The number of aromatic nitrogens is 3. The summed E-state index contributed by atoms with van der Waals surface area (Å²) in [6.45, 7) is 3.89. The Bertz CT molecular complexity index is 878. The number of aliphatic hydroxyl groups is 1. The van der Waals surface area contributed by atoms with Crippen molar-refractivity contribution in [1.29, 1.82) is 0 Å². The predicted molar refractivity (Wildman–Crippen MR) is 104 cm³/mol. The minimum absolute atomic E-state index is 0.332. The normalized spacial score (nSPS) is 23.7. The standard InChI is InChI=1S/C17H21N5OS2/c1-10-9-13(25-22-10)20-16-19-12-5-8-24-14(12)15(21-16)18-11-3-6-17(2,23)7-4-11/h5,8-9,11,23H,3-4,6-7H2,1-2H3,(H2,18,19,20,21). The molecule has 0 saturated heterocycles. The van der Waals surface area contributed by atoms with Gasteiger partial charge in [0.1, 0.15) is 10.8 Å². The Morgan fingerprint density at radius 2 is 2.08 bits per heavy atom. The van der Waals surface area contributed by atoms with Crippen LogP contribution in [-0.4, -0.2) is 31.1 Å². The van der Waals surface area contributed by atoms with E-state index in [0.29, 0.717) is 12.0 Å². The molecule has 0 amide bonds. The number of rotatable bonds is 4. The molecule has 3 aromatic rings. The van der Waals surface area contributed by atoms with Gasteiger partial charge in [-0.1, -0.05) is 0 Å². The summed E-state index contributed by atoms with van der Waals surface area (Å²) >= 11 is 3.05. The molecule has 0 radical (unpaired) electrons. The van der Waals surface area contributed by atoms with E-state index in [4.69, 9.17) is 4.98 Å². The summed E-state index contributed by atoms with van der Waals surface area (Å²) < 4.78 is 5.35. The van der Waals surface area contributed by atoms with Crippen LogP contribution in [-0.2, 0) is 0 Å². The van der Waals surface area contributed by atoms with E-state index in [0.717, 1.165) is 52.4 Å². The van der Waals surface area contributed by atoms with E-state index in [1.54, 1.807) is 11.3 Å². The third-order valence-corrected chi connectivity index (χ3v) is 6.28. The molecule has 0 unspecified atom stereocenters. The van der Waals surface area contributed by atoms with E-state index in [9.17, 15) is 5.11 Å². The topological polar surface area (TPSA) is 83.0 Å². The summed E-state index contributed by atoms with van der Waals surface area (Å²) in [7, 11) is 0. The zero-order valence-electron chi connectivity index (χ0n) is 14.2. The lowest BCUT2D eigenvalue weighted by Gasteiger charge is -2.33. The monoisotopic (exact) mass is 375 g/mol. The first-order valence-electron chi connectivity index (χ1n) is 8.43. The van der Waals surface area contributed by atoms with Gasteiger partial charge in [0.25, 0.3) is 0 Å². The highest BCUT2D eigenvalue weighted by molar-refractivity contribution is 7.17. The first kappa shape index (κ1) is 16.7. The van der Waals surface area contributed by atoms with Crippen LogP contribution in [0.3, 0.4) is 0 Å². The Morgan fingerprint density at radius 1 is 1.28 bits per heavy atom. The highest BCUT2D eigenvalue weighted by Crippen LogP contribution is 2.33. The summed E-state index contributed by atoms with van der Waals surface area (Å²) in [6, 6.07) is 4.34. The quantitative estimate of drug-likeness (QED) is 0.630. The van der Waals surface area contributed by atoms with Crippen LogP contribution in [0.25, 0.3) is 10.2 Å². The molecule has 1 aliphatic carbocycles. The highest BCUT2D eigenvalue weighted by atomic mass is 32.1. The van der Waals surface area contributed by atoms with Gasteiger partial charge in [-0.2, -0.15) is 9.36 Å². The molecule has 8 heteroatoms. The summed E-state index contributed by atoms with van der Waals surface area (Å²) in [5.74, 6) is 1.45. The van der Waals surface area contributed by atoms with Gasteiger partial charge in [-0.25, -0.2) is 4.98 Å². The molecule has 132 valence electrons. The summed E-state index contributed by atoms with van der Waals surface area (Å²) in [6.07, 6.45) is 3.52. The molecule has 0 bridgehead atoms. The summed E-state index contributed by atoms with van der Waals surface area (Å²) in [5.41, 5.74) is 1.39. The second kappa shape index (κ2) is 6.51. The molecule has 25 heavy (non-hydrogen) atoms. The number of thiophene rings is 1. The van der Waals surface area contributed by atoms with Crippen LogP contribution in [0.4, 0.5) is 16.8 Å². The van der Waals surface area contributed by atoms with Gasteiger partial charge in [0.2, 0.25) is 5.95 Å². The van der Waals surface area contributed by atoms with E-state index in [1.807, 2.05) is 31.4 Å². The van der Waals surface area contributed by atoms with Crippen molar-refractivity contribution in [3.05, 3.63) is 23.2 Å². The zero-order valence-corrected chi connectivity index (χ0v) is 15.9. The fraction of sp³-hybridized carbons (Fsp3) is 0.471. The predicted octanol–water partition coefficient (Wildman–Crippen LogP) is 4.31. The molecule has 6 nitrogen and oxygen atoms in total. The molecule has 1 saturated carbocycles. The number of nitrogens with zero attached hydrogens (tertiary/aromatic N) is 3. The van der Waals surface area contributed by atoms with Crippen molar-refractivity contribution in [1.82, 2.24) is 14.3 Å². The van der Waals surface area contributed by atoms with E-state index in [1.165, 1.54) is 11.5 Å². The Labute approximate surface area is 154 Å². The molecule has 3 N–H and O–H groups in total. The van der Waals surface area contributed by atoms with Crippen molar-refractivity contribution in [3.63, 3.8) is 0 Å². The maximum atomic E-state index is 10.1. The lowest BCUT2D eigenvalue weighted by Crippen LogP contribution is -2.35. The van der Waals surface area contributed by atoms with Crippen LogP contribution in [0.5, 0.6) is 0 Å². The number of anilines is 3. The molecular formula is C17H21N5OS2. The fourth-order valence-corrected chi connectivity index (χ4v) is 4.57. The van der Waals surface area contributed by atoms with Gasteiger partial charge in [0.15, 0.2) is 0 Å². The van der Waals surface area contributed by atoms with Gasteiger partial charge in [-0.3, -0.25) is 0 Å². The number of aryl methyl sites for hydroxylation is 1. The molecular weight excluding hydrogens is 354 g/mol. The molecule has 0 aromatic carbocycles. The van der Waals surface area contributed by atoms with Crippen molar-refractivity contribution in [2.45, 2.75) is 51.2 Å². The second-order valence-electron chi connectivity index (χ2n) is 6.90. The van der Waals surface area contributed by atoms with Crippen LogP contribution < -0.4 is 10.6 Å². The highest BCUT2D eigenvalue weighted by Gasteiger charge is 2.29.